The lowest BCUT2D eigenvalue weighted by atomic mass is 10.1. The largest absolute Gasteiger partial charge is 0.352 e. The summed E-state index contributed by atoms with van der Waals surface area (Å²) < 4.78 is 28.8. The first kappa shape index (κ1) is 32.7. The molecule has 0 saturated heterocycles. The Labute approximate surface area is 257 Å². The van der Waals surface area contributed by atoms with E-state index in [1.165, 1.54) is 29.2 Å². The summed E-state index contributed by atoms with van der Waals surface area (Å²) in [5, 5.41) is 3.99. The lowest BCUT2D eigenvalue weighted by Crippen LogP contribution is -2.53. The zero-order valence-electron chi connectivity index (χ0n) is 23.4. The van der Waals surface area contributed by atoms with Gasteiger partial charge in [0.1, 0.15) is 12.6 Å². The van der Waals surface area contributed by atoms with Crippen LogP contribution in [0.15, 0.2) is 71.6 Å². The fraction of sp³-hybridized carbons (Fsp3) is 0.333. The lowest BCUT2D eigenvalue weighted by Gasteiger charge is -2.33. The third-order valence-electron chi connectivity index (χ3n) is 6.73. The van der Waals surface area contributed by atoms with Crippen molar-refractivity contribution in [3.05, 3.63) is 92.9 Å². The van der Waals surface area contributed by atoms with E-state index in [-0.39, 0.29) is 23.4 Å². The molecule has 1 N–H and O–H groups in total. The quantitative estimate of drug-likeness (QED) is 0.235. The molecule has 2 amide bonds. The summed E-state index contributed by atoms with van der Waals surface area (Å²) in [6, 6.07) is 16.6. The molecule has 0 bridgehead atoms. The van der Waals surface area contributed by atoms with Gasteiger partial charge in [-0.05, 0) is 80.8 Å². The van der Waals surface area contributed by atoms with E-state index >= 15 is 0 Å². The summed E-state index contributed by atoms with van der Waals surface area (Å²) in [5.41, 5.74) is 1.88. The molecule has 2 atom stereocenters. The second-order valence-electron chi connectivity index (χ2n) is 9.81. The van der Waals surface area contributed by atoms with Crippen molar-refractivity contribution in [2.75, 3.05) is 10.8 Å². The van der Waals surface area contributed by atoms with Gasteiger partial charge in [-0.3, -0.25) is 13.9 Å². The number of benzene rings is 3. The summed E-state index contributed by atoms with van der Waals surface area (Å²) in [6.07, 6.45) is 1.02. The van der Waals surface area contributed by atoms with Gasteiger partial charge in [0.25, 0.3) is 10.0 Å². The summed E-state index contributed by atoms with van der Waals surface area (Å²) in [6.45, 7) is 7.00. The number of nitrogens with zero attached hydrogens (tertiary/aromatic N) is 2. The van der Waals surface area contributed by atoms with Crippen molar-refractivity contribution in [2.45, 2.75) is 64.1 Å². The van der Waals surface area contributed by atoms with Crippen LogP contribution in [0.3, 0.4) is 0 Å². The van der Waals surface area contributed by atoms with Crippen LogP contribution in [0, 0.1) is 6.92 Å². The summed E-state index contributed by atoms with van der Waals surface area (Å²) in [4.78, 5) is 28.8. The highest BCUT2D eigenvalue weighted by atomic mass is 35.5. The van der Waals surface area contributed by atoms with Gasteiger partial charge in [0, 0.05) is 17.6 Å². The fourth-order valence-corrected chi connectivity index (χ4v) is 6.03. The average molecular weight is 639 g/mol. The van der Waals surface area contributed by atoms with Gasteiger partial charge in [0.15, 0.2) is 0 Å². The van der Waals surface area contributed by atoms with Gasteiger partial charge in [-0.15, -0.1) is 0 Å². The maximum Gasteiger partial charge on any atom is 0.264 e. The molecule has 220 valence electrons. The van der Waals surface area contributed by atoms with E-state index in [0.717, 1.165) is 9.87 Å². The molecule has 7 nitrogen and oxygen atoms in total. The number of hydrogen-bond acceptors (Lipinski definition) is 4. The van der Waals surface area contributed by atoms with Crippen LogP contribution in [0.25, 0.3) is 0 Å². The van der Waals surface area contributed by atoms with Crippen molar-refractivity contribution in [1.82, 2.24) is 10.2 Å². The zero-order valence-corrected chi connectivity index (χ0v) is 26.5. The second kappa shape index (κ2) is 14.4. The maximum absolute atomic E-state index is 14.1. The van der Waals surface area contributed by atoms with E-state index in [2.05, 4.69) is 5.32 Å². The van der Waals surface area contributed by atoms with Gasteiger partial charge >= 0.3 is 0 Å². The molecule has 3 aromatic carbocycles. The molecule has 0 radical (unpaired) electrons. The SMILES string of the molecule is CC[C@@H](C)NC(=O)[C@H](CC)N(Cc1ccc(Cl)c(Cl)c1)C(=O)CN(c1ccc(C)cc1)S(=O)(=O)c1ccc(Cl)cc1. The Hall–Kier alpha value is -2.78. The highest BCUT2D eigenvalue weighted by Crippen LogP contribution is 2.27. The molecule has 0 aliphatic carbocycles. The monoisotopic (exact) mass is 637 g/mol. The smallest absolute Gasteiger partial charge is 0.264 e. The molecule has 0 aliphatic rings. The summed E-state index contributed by atoms with van der Waals surface area (Å²) in [5.74, 6) is -0.877. The third kappa shape index (κ3) is 8.38. The molecule has 0 heterocycles. The number of nitrogens with one attached hydrogen (secondary N) is 1. The third-order valence-corrected chi connectivity index (χ3v) is 9.51. The van der Waals surface area contributed by atoms with Gasteiger partial charge in [-0.1, -0.05) is 72.4 Å². The number of carbonyl (C=O) groups is 2. The predicted octanol–water partition coefficient (Wildman–Crippen LogP) is 6.87. The molecule has 3 rings (SSSR count). The van der Waals surface area contributed by atoms with Gasteiger partial charge in [0.2, 0.25) is 11.8 Å². The standard InChI is InChI=1S/C30H34Cl3N3O4S/c1-5-21(4)34-30(38)28(6-2)35(18-22-9-16-26(32)27(33)17-22)29(37)19-36(24-12-7-20(3)8-13-24)41(39,40)25-14-10-23(31)11-15-25/h7-17,21,28H,5-6,18-19H2,1-4H3,(H,34,38)/t21-,28+/m1/s1. The summed E-state index contributed by atoms with van der Waals surface area (Å²) >= 11 is 18.3. The number of carbonyl (C=O) groups excluding carboxylic acids is 2. The first-order valence-corrected chi connectivity index (χ1v) is 15.8. The van der Waals surface area contributed by atoms with Crippen LogP contribution < -0.4 is 9.62 Å². The maximum atomic E-state index is 14.1. The molecular weight excluding hydrogens is 605 g/mol. The highest BCUT2D eigenvalue weighted by molar-refractivity contribution is 7.92. The fourth-order valence-electron chi connectivity index (χ4n) is 4.17. The minimum absolute atomic E-state index is 0.0187. The summed E-state index contributed by atoms with van der Waals surface area (Å²) in [7, 11) is -4.19. The molecule has 0 aromatic heterocycles. The van der Waals surface area contributed by atoms with Crippen LogP contribution in [-0.4, -0.2) is 43.8 Å². The Morgan fingerprint density at radius 1 is 0.878 bits per heavy atom. The molecule has 0 aliphatic heterocycles. The first-order chi connectivity index (χ1) is 19.4. The van der Waals surface area contributed by atoms with Crippen molar-refractivity contribution >= 4 is 62.3 Å². The van der Waals surface area contributed by atoms with E-state index in [4.69, 9.17) is 34.8 Å². The molecule has 0 spiro atoms. The van der Waals surface area contributed by atoms with Crippen LogP contribution >= 0.6 is 34.8 Å². The Balaban J connectivity index is 2.07. The number of rotatable bonds is 12. The van der Waals surface area contributed by atoms with Crippen LogP contribution in [-0.2, 0) is 26.2 Å². The van der Waals surface area contributed by atoms with Crippen LogP contribution in [0.2, 0.25) is 15.1 Å². The van der Waals surface area contributed by atoms with Crippen molar-refractivity contribution < 1.29 is 18.0 Å². The van der Waals surface area contributed by atoms with Crippen LogP contribution in [0.5, 0.6) is 0 Å². The lowest BCUT2D eigenvalue weighted by molar-refractivity contribution is -0.140. The minimum atomic E-state index is -4.19. The van der Waals surface area contributed by atoms with Crippen molar-refractivity contribution in [3.63, 3.8) is 0 Å². The Bertz CT molecular complexity index is 1470. The molecular formula is C30H34Cl3N3O4S. The van der Waals surface area contributed by atoms with E-state index in [1.807, 2.05) is 20.8 Å². The molecule has 0 unspecified atom stereocenters. The average Bonchev–Trinajstić information content (AvgIpc) is 2.94. The number of aryl methyl sites for hydroxylation is 1. The van der Waals surface area contributed by atoms with Gasteiger partial charge in [-0.25, -0.2) is 8.42 Å². The number of amides is 2. The molecule has 0 fully saturated rings. The normalized spacial score (nSPS) is 12.9. The van der Waals surface area contributed by atoms with Gasteiger partial charge < -0.3 is 10.2 Å². The van der Waals surface area contributed by atoms with Crippen LogP contribution in [0.1, 0.15) is 44.7 Å². The molecule has 41 heavy (non-hydrogen) atoms. The molecule has 11 heteroatoms. The van der Waals surface area contributed by atoms with E-state index < -0.39 is 28.5 Å². The van der Waals surface area contributed by atoms with Gasteiger partial charge in [-0.2, -0.15) is 0 Å². The highest BCUT2D eigenvalue weighted by Gasteiger charge is 2.34. The minimum Gasteiger partial charge on any atom is -0.352 e. The Morgan fingerprint density at radius 2 is 1.51 bits per heavy atom. The molecule has 3 aromatic rings. The van der Waals surface area contributed by atoms with Crippen molar-refractivity contribution in [2.24, 2.45) is 0 Å². The van der Waals surface area contributed by atoms with E-state index in [1.54, 1.807) is 49.4 Å². The Morgan fingerprint density at radius 3 is 2.07 bits per heavy atom. The number of anilines is 1. The van der Waals surface area contributed by atoms with Crippen LogP contribution in [0.4, 0.5) is 5.69 Å². The predicted molar refractivity (Wildman–Crippen MR) is 166 cm³/mol. The Kier molecular flexibility index (Phi) is 11.5. The first-order valence-electron chi connectivity index (χ1n) is 13.3. The number of sulfonamides is 1. The van der Waals surface area contributed by atoms with E-state index in [9.17, 15) is 18.0 Å². The zero-order chi connectivity index (χ0) is 30.3. The number of halogens is 3. The van der Waals surface area contributed by atoms with Crippen molar-refractivity contribution in [3.8, 4) is 0 Å². The van der Waals surface area contributed by atoms with Crippen molar-refractivity contribution in [1.29, 1.82) is 0 Å². The van der Waals surface area contributed by atoms with Gasteiger partial charge in [0.05, 0.1) is 20.6 Å². The number of hydrogen-bond donors (Lipinski definition) is 1. The topological polar surface area (TPSA) is 86.8 Å². The molecule has 0 saturated carbocycles. The second-order valence-corrected chi connectivity index (χ2v) is 12.9. The van der Waals surface area contributed by atoms with E-state index in [0.29, 0.717) is 39.2 Å².